The Kier molecular flexibility index (Phi) is 10.4. The fourth-order valence-corrected chi connectivity index (χ4v) is 4.09. The van der Waals surface area contributed by atoms with E-state index in [4.69, 9.17) is 30.9 Å². The number of aryl methyl sites for hydroxylation is 1. The number of rotatable bonds is 8. The molecule has 7 heteroatoms. The number of benzene rings is 3. The van der Waals surface area contributed by atoms with Crippen molar-refractivity contribution in [3.05, 3.63) is 82.4 Å². The average Bonchev–Trinajstić information content (AvgIpc) is 2.96. The molecule has 3 aromatic carbocycles. The molecule has 1 aliphatic heterocycles. The lowest BCUT2D eigenvalue weighted by Crippen LogP contribution is -2.36. The number of carbonyl (C=O) groups is 1. The predicted octanol–water partition coefficient (Wildman–Crippen LogP) is 4.37. The van der Waals surface area contributed by atoms with Crippen molar-refractivity contribution >= 4 is 17.9 Å². The maximum Gasteiger partial charge on any atom is 0.176 e. The van der Waals surface area contributed by atoms with E-state index in [9.17, 15) is 4.79 Å². The van der Waals surface area contributed by atoms with Crippen LogP contribution in [0.15, 0.2) is 60.7 Å². The zero-order valence-corrected chi connectivity index (χ0v) is 22.5. The normalized spacial score (nSPS) is 13.8. The maximum atomic E-state index is 10.9. The Labute approximate surface area is 234 Å². The summed E-state index contributed by atoms with van der Waals surface area (Å²) in [6.07, 6.45) is -0.318. The molecule has 0 saturated carbocycles. The van der Waals surface area contributed by atoms with E-state index in [2.05, 4.69) is 34.6 Å². The third-order valence-corrected chi connectivity index (χ3v) is 6.30. The molecule has 1 heterocycles. The molecule has 39 heavy (non-hydrogen) atoms. The standard InChI is InChI=1S/C32H30ClNO5/c1-24-18-30(10-11-32(24)39-31(22-35)23-36)38-15-3-5-26-19-25(4-2-12-34-13-16-37-17-14-34)20-28(21-26)27-6-8-29(33)9-7-27/h6-11,18-22,31,36H,12-17,23H2,1H3. The molecule has 0 aliphatic carbocycles. The van der Waals surface area contributed by atoms with Gasteiger partial charge in [0.15, 0.2) is 12.4 Å². The van der Waals surface area contributed by atoms with E-state index in [-0.39, 0.29) is 13.2 Å². The molecule has 4 rings (SSSR count). The van der Waals surface area contributed by atoms with Gasteiger partial charge in [-0.25, -0.2) is 0 Å². The van der Waals surface area contributed by atoms with Crippen LogP contribution >= 0.6 is 11.6 Å². The fraction of sp³-hybridized carbons (Fsp3) is 0.281. The van der Waals surface area contributed by atoms with Crippen LogP contribution in [0, 0.1) is 30.6 Å². The molecule has 200 valence electrons. The molecule has 0 amide bonds. The number of ether oxygens (including phenoxy) is 3. The minimum atomic E-state index is -0.890. The Morgan fingerprint density at radius 2 is 1.72 bits per heavy atom. The first-order chi connectivity index (χ1) is 19.0. The van der Waals surface area contributed by atoms with Gasteiger partial charge in [-0.1, -0.05) is 47.4 Å². The predicted molar refractivity (Wildman–Crippen MR) is 152 cm³/mol. The molecule has 1 N–H and O–H groups in total. The summed E-state index contributed by atoms with van der Waals surface area (Å²) >= 11 is 6.09. The van der Waals surface area contributed by atoms with Crippen molar-refractivity contribution in [3.8, 4) is 46.3 Å². The van der Waals surface area contributed by atoms with Gasteiger partial charge in [0.05, 0.1) is 26.4 Å². The lowest BCUT2D eigenvalue weighted by molar-refractivity contribution is -0.115. The van der Waals surface area contributed by atoms with Crippen LogP contribution in [-0.4, -0.2) is 68.5 Å². The monoisotopic (exact) mass is 543 g/mol. The third-order valence-electron chi connectivity index (χ3n) is 6.05. The minimum absolute atomic E-state index is 0.191. The third kappa shape index (κ3) is 8.61. The number of aliphatic hydroxyl groups is 1. The Morgan fingerprint density at radius 1 is 1.00 bits per heavy atom. The van der Waals surface area contributed by atoms with Crippen molar-refractivity contribution < 1.29 is 24.1 Å². The highest BCUT2D eigenvalue weighted by atomic mass is 35.5. The van der Waals surface area contributed by atoms with Crippen molar-refractivity contribution in [2.75, 3.05) is 46.1 Å². The zero-order valence-electron chi connectivity index (χ0n) is 21.8. The lowest BCUT2D eigenvalue weighted by atomic mass is 10.00. The molecule has 0 spiro atoms. The number of nitrogens with zero attached hydrogens (tertiary/aromatic N) is 1. The number of hydrogen-bond donors (Lipinski definition) is 1. The van der Waals surface area contributed by atoms with Gasteiger partial charge in [0, 0.05) is 29.2 Å². The lowest BCUT2D eigenvalue weighted by Gasteiger charge is -2.24. The minimum Gasteiger partial charge on any atom is -0.481 e. The molecular weight excluding hydrogens is 514 g/mol. The summed E-state index contributed by atoms with van der Waals surface area (Å²) < 4.78 is 16.7. The van der Waals surface area contributed by atoms with E-state index in [0.29, 0.717) is 29.4 Å². The van der Waals surface area contributed by atoms with Gasteiger partial charge in [-0.05, 0) is 72.1 Å². The number of hydrogen-bond acceptors (Lipinski definition) is 6. The van der Waals surface area contributed by atoms with E-state index in [0.717, 1.165) is 54.1 Å². The maximum absolute atomic E-state index is 10.9. The topological polar surface area (TPSA) is 68.2 Å². The first kappa shape index (κ1) is 28.2. The summed E-state index contributed by atoms with van der Waals surface area (Å²) in [5.41, 5.74) is 4.56. The summed E-state index contributed by atoms with van der Waals surface area (Å²) in [6, 6.07) is 19.0. The average molecular weight is 544 g/mol. The quantitative estimate of drug-likeness (QED) is 0.336. The highest BCUT2D eigenvalue weighted by Gasteiger charge is 2.10. The second kappa shape index (κ2) is 14.4. The van der Waals surface area contributed by atoms with E-state index < -0.39 is 6.10 Å². The smallest absolute Gasteiger partial charge is 0.176 e. The van der Waals surface area contributed by atoms with E-state index in [1.54, 1.807) is 18.2 Å². The highest BCUT2D eigenvalue weighted by molar-refractivity contribution is 6.30. The number of carbonyl (C=O) groups excluding carboxylic acids is 1. The number of halogens is 1. The van der Waals surface area contributed by atoms with E-state index >= 15 is 0 Å². The number of aldehydes is 1. The SMILES string of the molecule is Cc1cc(OCC#Cc2cc(C#CCN3CCOCC3)cc(-c3ccc(Cl)cc3)c2)ccc1OC(C=O)CO. The van der Waals surface area contributed by atoms with Crippen molar-refractivity contribution in [1.82, 2.24) is 4.90 Å². The van der Waals surface area contributed by atoms with Crippen molar-refractivity contribution in [3.63, 3.8) is 0 Å². The van der Waals surface area contributed by atoms with Gasteiger partial charge in [-0.3, -0.25) is 9.69 Å². The van der Waals surface area contributed by atoms with Crippen LogP contribution in [0.1, 0.15) is 16.7 Å². The molecule has 3 aromatic rings. The largest absolute Gasteiger partial charge is 0.481 e. The number of morpholine rings is 1. The molecule has 1 aliphatic rings. The van der Waals surface area contributed by atoms with Gasteiger partial charge in [-0.2, -0.15) is 0 Å². The Morgan fingerprint density at radius 3 is 2.38 bits per heavy atom. The molecule has 1 saturated heterocycles. The van der Waals surface area contributed by atoms with Gasteiger partial charge >= 0.3 is 0 Å². The second-order valence-electron chi connectivity index (χ2n) is 8.99. The molecule has 1 fully saturated rings. The molecule has 0 radical (unpaired) electrons. The van der Waals surface area contributed by atoms with Gasteiger partial charge in [0.1, 0.15) is 18.1 Å². The van der Waals surface area contributed by atoms with Crippen LogP contribution in [0.25, 0.3) is 11.1 Å². The summed E-state index contributed by atoms with van der Waals surface area (Å²) in [6.45, 7) is 5.64. The van der Waals surface area contributed by atoms with Gasteiger partial charge in [-0.15, -0.1) is 0 Å². The molecule has 0 bridgehead atoms. The highest BCUT2D eigenvalue weighted by Crippen LogP contribution is 2.25. The zero-order chi connectivity index (χ0) is 27.5. The van der Waals surface area contributed by atoms with Crippen molar-refractivity contribution in [2.45, 2.75) is 13.0 Å². The Hall–Kier alpha value is -3.78. The molecule has 1 atom stereocenters. The van der Waals surface area contributed by atoms with E-state index in [1.807, 2.05) is 43.3 Å². The summed E-state index contributed by atoms with van der Waals surface area (Å²) in [5.74, 6) is 14.0. The van der Waals surface area contributed by atoms with Crippen LogP contribution < -0.4 is 9.47 Å². The van der Waals surface area contributed by atoms with Crippen molar-refractivity contribution in [2.24, 2.45) is 0 Å². The number of aliphatic hydroxyl groups excluding tert-OH is 1. The Balaban J connectivity index is 1.47. The second-order valence-corrected chi connectivity index (χ2v) is 9.43. The van der Waals surface area contributed by atoms with Gasteiger partial charge in [0.2, 0.25) is 0 Å². The van der Waals surface area contributed by atoms with Crippen molar-refractivity contribution in [1.29, 1.82) is 0 Å². The van der Waals surface area contributed by atoms with E-state index in [1.165, 1.54) is 0 Å². The van der Waals surface area contributed by atoms with Crippen LogP contribution in [0.5, 0.6) is 11.5 Å². The first-order valence-corrected chi connectivity index (χ1v) is 13.1. The fourth-order valence-electron chi connectivity index (χ4n) is 3.97. The molecule has 6 nitrogen and oxygen atoms in total. The van der Waals surface area contributed by atoms with Crippen LogP contribution in [0.4, 0.5) is 0 Å². The van der Waals surface area contributed by atoms with Crippen LogP contribution in [0.3, 0.4) is 0 Å². The summed E-state index contributed by atoms with van der Waals surface area (Å²) in [4.78, 5) is 13.2. The summed E-state index contributed by atoms with van der Waals surface area (Å²) in [7, 11) is 0. The molecule has 0 aromatic heterocycles. The molecular formula is C32H30ClNO5. The van der Waals surface area contributed by atoms with Gasteiger partial charge < -0.3 is 19.3 Å². The Bertz CT molecular complexity index is 1390. The molecule has 1 unspecified atom stereocenters. The van der Waals surface area contributed by atoms with Gasteiger partial charge in [0.25, 0.3) is 0 Å². The first-order valence-electron chi connectivity index (χ1n) is 12.7. The van der Waals surface area contributed by atoms with Crippen LogP contribution in [-0.2, 0) is 9.53 Å². The summed E-state index contributed by atoms with van der Waals surface area (Å²) in [5, 5.41) is 9.85. The van der Waals surface area contributed by atoms with Crippen LogP contribution in [0.2, 0.25) is 5.02 Å².